The summed E-state index contributed by atoms with van der Waals surface area (Å²) in [6.07, 6.45) is -0.328. The van der Waals surface area contributed by atoms with Crippen LogP contribution in [-0.4, -0.2) is 5.11 Å². The van der Waals surface area contributed by atoms with Crippen LogP contribution in [0.25, 0.3) is 0 Å². The lowest BCUT2D eigenvalue weighted by molar-refractivity contribution is 0.127. The molecule has 0 amide bonds. The van der Waals surface area contributed by atoms with Gasteiger partial charge in [0.1, 0.15) is 0 Å². The molecule has 1 rings (SSSR count). The second-order valence-corrected chi connectivity index (χ2v) is 3.60. The molecule has 0 spiro atoms. The van der Waals surface area contributed by atoms with E-state index in [4.69, 9.17) is 0 Å². The lowest BCUT2D eigenvalue weighted by atomic mass is 9.98. The second-order valence-electron chi connectivity index (χ2n) is 3.60. The number of aryl methyl sites for hydroxylation is 1. The summed E-state index contributed by atoms with van der Waals surface area (Å²) in [4.78, 5) is 0. The first-order valence-corrected chi connectivity index (χ1v) is 4.36. The summed E-state index contributed by atoms with van der Waals surface area (Å²) in [6.45, 7) is 6.08. The van der Waals surface area contributed by atoms with Crippen molar-refractivity contribution in [3.05, 3.63) is 35.4 Å². The van der Waals surface area contributed by atoms with Crippen LogP contribution >= 0.6 is 0 Å². The highest BCUT2D eigenvalue weighted by molar-refractivity contribution is 5.23. The second kappa shape index (κ2) is 3.72. The van der Waals surface area contributed by atoms with Crippen LogP contribution in [0.15, 0.2) is 24.3 Å². The van der Waals surface area contributed by atoms with Crippen LogP contribution in [0.4, 0.5) is 0 Å². The van der Waals surface area contributed by atoms with Crippen LogP contribution in [0, 0.1) is 12.8 Å². The predicted octanol–water partition coefficient (Wildman–Crippen LogP) is 2.68. The van der Waals surface area contributed by atoms with Gasteiger partial charge in [0, 0.05) is 0 Å². The van der Waals surface area contributed by atoms with Crippen molar-refractivity contribution in [3.8, 4) is 0 Å². The van der Waals surface area contributed by atoms with Crippen LogP contribution in [0.3, 0.4) is 0 Å². The van der Waals surface area contributed by atoms with Crippen LogP contribution in [0.1, 0.15) is 31.1 Å². The van der Waals surface area contributed by atoms with Crippen molar-refractivity contribution >= 4 is 0 Å². The summed E-state index contributed by atoms with van der Waals surface area (Å²) >= 11 is 0. The van der Waals surface area contributed by atoms with E-state index in [1.165, 1.54) is 5.56 Å². The van der Waals surface area contributed by atoms with E-state index in [0.29, 0.717) is 0 Å². The molecule has 1 nitrogen and oxygen atoms in total. The number of benzene rings is 1. The summed E-state index contributed by atoms with van der Waals surface area (Å²) < 4.78 is 0. The third-order valence-corrected chi connectivity index (χ3v) is 2.05. The number of hydrogen-bond acceptors (Lipinski definition) is 1. The normalized spacial score (nSPS) is 13.4. The van der Waals surface area contributed by atoms with Gasteiger partial charge in [-0.25, -0.2) is 0 Å². The lowest BCUT2D eigenvalue weighted by Gasteiger charge is -2.14. The standard InChI is InChI=1S/C11H16O/c1-8(2)11(12)10-6-4-9(3)5-7-10/h4-8,11-12H,1-3H3/t11-/m0/s1. The SMILES string of the molecule is Cc1ccc([C@@H](O)C(C)C)cc1. The first-order chi connectivity index (χ1) is 5.61. The third-order valence-electron chi connectivity index (χ3n) is 2.05. The Bertz CT molecular complexity index is 236. The molecule has 0 radical (unpaired) electrons. The van der Waals surface area contributed by atoms with Gasteiger partial charge in [-0.2, -0.15) is 0 Å². The fourth-order valence-corrected chi connectivity index (χ4v) is 1.15. The number of aliphatic hydroxyl groups is 1. The summed E-state index contributed by atoms with van der Waals surface area (Å²) in [5, 5.41) is 9.69. The van der Waals surface area contributed by atoms with Crippen molar-refractivity contribution < 1.29 is 5.11 Å². The van der Waals surface area contributed by atoms with Gasteiger partial charge in [-0.3, -0.25) is 0 Å². The lowest BCUT2D eigenvalue weighted by Crippen LogP contribution is -2.04. The topological polar surface area (TPSA) is 20.2 Å². The molecule has 1 N–H and O–H groups in total. The number of rotatable bonds is 2. The van der Waals surface area contributed by atoms with Gasteiger partial charge in [-0.05, 0) is 18.4 Å². The van der Waals surface area contributed by atoms with Crippen LogP contribution in [0.5, 0.6) is 0 Å². The largest absolute Gasteiger partial charge is 0.388 e. The fraction of sp³-hybridized carbons (Fsp3) is 0.455. The van der Waals surface area contributed by atoms with Crippen molar-refractivity contribution in [1.29, 1.82) is 0 Å². The minimum absolute atomic E-state index is 0.285. The van der Waals surface area contributed by atoms with Gasteiger partial charge < -0.3 is 5.11 Å². The summed E-state index contributed by atoms with van der Waals surface area (Å²) in [7, 11) is 0. The Labute approximate surface area is 74.1 Å². The van der Waals surface area contributed by atoms with Crippen LogP contribution < -0.4 is 0 Å². The number of aliphatic hydroxyl groups excluding tert-OH is 1. The van der Waals surface area contributed by atoms with Gasteiger partial charge in [-0.15, -0.1) is 0 Å². The van der Waals surface area contributed by atoms with Crippen molar-refractivity contribution in [2.45, 2.75) is 26.9 Å². The van der Waals surface area contributed by atoms with E-state index in [2.05, 4.69) is 0 Å². The van der Waals surface area contributed by atoms with Gasteiger partial charge >= 0.3 is 0 Å². The van der Waals surface area contributed by atoms with E-state index in [1.807, 2.05) is 45.0 Å². The molecule has 0 heterocycles. The quantitative estimate of drug-likeness (QED) is 0.712. The molecule has 12 heavy (non-hydrogen) atoms. The van der Waals surface area contributed by atoms with Gasteiger partial charge in [-0.1, -0.05) is 43.7 Å². The van der Waals surface area contributed by atoms with Crippen LogP contribution in [0.2, 0.25) is 0 Å². The zero-order chi connectivity index (χ0) is 9.14. The Kier molecular flexibility index (Phi) is 2.88. The molecule has 1 atom stereocenters. The van der Waals surface area contributed by atoms with E-state index in [-0.39, 0.29) is 12.0 Å². The van der Waals surface area contributed by atoms with Gasteiger partial charge in [0.25, 0.3) is 0 Å². The molecule has 0 saturated carbocycles. The van der Waals surface area contributed by atoms with Crippen molar-refractivity contribution in [2.75, 3.05) is 0 Å². The van der Waals surface area contributed by atoms with Crippen LogP contribution in [-0.2, 0) is 0 Å². The average molecular weight is 164 g/mol. The Balaban J connectivity index is 2.82. The highest BCUT2D eigenvalue weighted by Gasteiger charge is 2.10. The Morgan fingerprint density at radius 3 is 2.00 bits per heavy atom. The molecule has 0 aliphatic carbocycles. The van der Waals surface area contributed by atoms with E-state index in [0.717, 1.165) is 5.56 Å². The Morgan fingerprint density at radius 2 is 1.58 bits per heavy atom. The van der Waals surface area contributed by atoms with Gasteiger partial charge in [0.2, 0.25) is 0 Å². The van der Waals surface area contributed by atoms with E-state index in [1.54, 1.807) is 0 Å². The first kappa shape index (κ1) is 9.27. The minimum Gasteiger partial charge on any atom is -0.388 e. The summed E-state index contributed by atoms with van der Waals surface area (Å²) in [6, 6.07) is 8.03. The van der Waals surface area contributed by atoms with E-state index >= 15 is 0 Å². The number of hydrogen-bond donors (Lipinski definition) is 1. The smallest absolute Gasteiger partial charge is 0.0812 e. The molecule has 0 aromatic heterocycles. The highest BCUT2D eigenvalue weighted by atomic mass is 16.3. The molecule has 0 aliphatic heterocycles. The summed E-state index contributed by atoms with van der Waals surface area (Å²) in [5.41, 5.74) is 2.24. The zero-order valence-corrected chi connectivity index (χ0v) is 7.91. The molecule has 0 saturated heterocycles. The molecule has 0 bridgehead atoms. The van der Waals surface area contributed by atoms with Crippen molar-refractivity contribution in [3.63, 3.8) is 0 Å². The molecular weight excluding hydrogens is 148 g/mol. The van der Waals surface area contributed by atoms with E-state index in [9.17, 15) is 5.11 Å². The molecule has 1 heteroatoms. The van der Waals surface area contributed by atoms with Crippen molar-refractivity contribution in [1.82, 2.24) is 0 Å². The first-order valence-electron chi connectivity index (χ1n) is 4.36. The maximum absolute atomic E-state index is 9.69. The van der Waals surface area contributed by atoms with Gasteiger partial charge in [0.05, 0.1) is 6.10 Å². The molecule has 0 fully saturated rings. The molecular formula is C11H16O. The Hall–Kier alpha value is -0.820. The van der Waals surface area contributed by atoms with E-state index < -0.39 is 0 Å². The fourth-order valence-electron chi connectivity index (χ4n) is 1.15. The maximum Gasteiger partial charge on any atom is 0.0812 e. The molecule has 66 valence electrons. The predicted molar refractivity (Wildman–Crippen MR) is 51.0 cm³/mol. The monoisotopic (exact) mass is 164 g/mol. The highest BCUT2D eigenvalue weighted by Crippen LogP contribution is 2.20. The average Bonchev–Trinajstić information content (AvgIpc) is 2.04. The van der Waals surface area contributed by atoms with Crippen molar-refractivity contribution in [2.24, 2.45) is 5.92 Å². The molecule has 1 aromatic rings. The third kappa shape index (κ3) is 2.08. The zero-order valence-electron chi connectivity index (χ0n) is 7.91. The molecule has 0 aliphatic rings. The molecule has 0 unspecified atom stereocenters. The Morgan fingerprint density at radius 1 is 1.08 bits per heavy atom. The maximum atomic E-state index is 9.69. The molecule has 1 aromatic carbocycles. The minimum atomic E-state index is -0.328. The summed E-state index contributed by atoms with van der Waals surface area (Å²) in [5.74, 6) is 0.285. The van der Waals surface area contributed by atoms with Gasteiger partial charge in [0.15, 0.2) is 0 Å².